The summed E-state index contributed by atoms with van der Waals surface area (Å²) in [5, 5.41) is 21.1. The van der Waals surface area contributed by atoms with Crippen LogP contribution in [0.15, 0.2) is 47.1 Å². The van der Waals surface area contributed by atoms with Gasteiger partial charge in [0, 0.05) is 12.3 Å². The Morgan fingerprint density at radius 1 is 1.28 bits per heavy atom. The minimum absolute atomic E-state index is 0.0714. The van der Waals surface area contributed by atoms with Crippen LogP contribution in [0.1, 0.15) is 23.8 Å². The Bertz CT molecular complexity index is 512. The highest BCUT2D eigenvalue weighted by Gasteiger charge is 2.13. The number of benzene rings is 1. The van der Waals surface area contributed by atoms with Gasteiger partial charge in [0.1, 0.15) is 5.76 Å². The minimum Gasteiger partial charge on any atom is -0.467 e. The Labute approximate surface area is 105 Å². The Morgan fingerprint density at radius 2 is 2.06 bits per heavy atom. The summed E-state index contributed by atoms with van der Waals surface area (Å²) < 4.78 is 5.34. The van der Waals surface area contributed by atoms with Crippen LogP contribution in [0.2, 0.25) is 0 Å². The monoisotopic (exact) mass is 242 g/mol. The first-order valence-electron chi connectivity index (χ1n) is 5.74. The van der Waals surface area contributed by atoms with Gasteiger partial charge >= 0.3 is 0 Å². The molecule has 2 rings (SSSR count). The van der Waals surface area contributed by atoms with Crippen molar-refractivity contribution >= 4 is 5.69 Å². The van der Waals surface area contributed by atoms with Crippen LogP contribution in [0.3, 0.4) is 0 Å². The molecule has 0 spiro atoms. The van der Waals surface area contributed by atoms with Gasteiger partial charge in [0.25, 0.3) is 0 Å². The molecule has 92 valence electrons. The highest BCUT2D eigenvalue weighted by atomic mass is 16.3. The average molecular weight is 242 g/mol. The van der Waals surface area contributed by atoms with Crippen LogP contribution < -0.4 is 5.32 Å². The number of nitrogens with one attached hydrogen (secondary N) is 1. The van der Waals surface area contributed by atoms with Crippen molar-refractivity contribution in [1.82, 2.24) is 0 Å². The zero-order chi connectivity index (χ0) is 12.8. The zero-order valence-corrected chi connectivity index (χ0v) is 9.84. The molecular weight excluding hydrogens is 228 g/mol. The van der Waals surface area contributed by atoms with Gasteiger partial charge in [-0.2, -0.15) is 5.26 Å². The van der Waals surface area contributed by atoms with E-state index in [4.69, 9.17) is 14.8 Å². The molecule has 0 amide bonds. The molecule has 0 radical (unpaired) electrons. The number of nitrogens with zero attached hydrogens (tertiary/aromatic N) is 1. The van der Waals surface area contributed by atoms with Gasteiger partial charge < -0.3 is 14.8 Å². The number of anilines is 1. The third-order valence-corrected chi connectivity index (χ3v) is 2.66. The van der Waals surface area contributed by atoms with Crippen molar-refractivity contribution in [2.45, 2.75) is 12.5 Å². The highest BCUT2D eigenvalue weighted by Crippen LogP contribution is 2.23. The largest absolute Gasteiger partial charge is 0.467 e. The van der Waals surface area contributed by atoms with E-state index in [9.17, 15) is 0 Å². The lowest BCUT2D eigenvalue weighted by Crippen LogP contribution is -2.11. The van der Waals surface area contributed by atoms with E-state index in [0.717, 1.165) is 11.4 Å². The SMILES string of the molecule is N#Cc1ccc(NC(CCO)c2ccco2)cc1. The first kappa shape index (κ1) is 12.2. The second-order valence-corrected chi connectivity index (χ2v) is 3.91. The average Bonchev–Trinajstić information content (AvgIpc) is 2.93. The zero-order valence-electron chi connectivity index (χ0n) is 9.84. The number of aliphatic hydroxyl groups is 1. The van der Waals surface area contributed by atoms with E-state index < -0.39 is 0 Å². The molecule has 4 heteroatoms. The summed E-state index contributed by atoms with van der Waals surface area (Å²) in [7, 11) is 0. The van der Waals surface area contributed by atoms with Gasteiger partial charge in [-0.3, -0.25) is 0 Å². The Kier molecular flexibility index (Phi) is 4.00. The number of nitriles is 1. The molecule has 4 nitrogen and oxygen atoms in total. The summed E-state index contributed by atoms with van der Waals surface area (Å²) >= 11 is 0. The van der Waals surface area contributed by atoms with Crippen molar-refractivity contribution < 1.29 is 9.52 Å². The predicted octanol–water partition coefficient (Wildman–Crippen LogP) is 2.69. The van der Waals surface area contributed by atoms with E-state index in [-0.39, 0.29) is 12.6 Å². The van der Waals surface area contributed by atoms with Gasteiger partial charge in [0.15, 0.2) is 0 Å². The van der Waals surface area contributed by atoms with Crippen LogP contribution in [0, 0.1) is 11.3 Å². The maximum atomic E-state index is 9.07. The van der Waals surface area contributed by atoms with Crippen molar-refractivity contribution in [3.8, 4) is 6.07 Å². The highest BCUT2D eigenvalue weighted by molar-refractivity contribution is 5.48. The molecule has 0 saturated carbocycles. The summed E-state index contributed by atoms with van der Waals surface area (Å²) in [5.74, 6) is 0.786. The van der Waals surface area contributed by atoms with Crippen LogP contribution >= 0.6 is 0 Å². The fourth-order valence-electron chi connectivity index (χ4n) is 1.75. The summed E-state index contributed by atoms with van der Waals surface area (Å²) in [6.07, 6.45) is 2.17. The first-order valence-corrected chi connectivity index (χ1v) is 5.74. The molecule has 1 unspecified atom stereocenters. The number of rotatable bonds is 5. The topological polar surface area (TPSA) is 69.2 Å². The second kappa shape index (κ2) is 5.89. The van der Waals surface area contributed by atoms with Crippen molar-refractivity contribution in [3.63, 3.8) is 0 Å². The molecule has 0 aliphatic rings. The fourth-order valence-corrected chi connectivity index (χ4v) is 1.75. The third-order valence-electron chi connectivity index (χ3n) is 2.66. The van der Waals surface area contributed by atoms with Gasteiger partial charge in [-0.05, 0) is 42.8 Å². The maximum absolute atomic E-state index is 9.07. The lowest BCUT2D eigenvalue weighted by Gasteiger charge is -2.16. The molecule has 1 atom stereocenters. The van der Waals surface area contributed by atoms with Gasteiger partial charge in [0.2, 0.25) is 0 Å². The van der Waals surface area contributed by atoms with E-state index >= 15 is 0 Å². The normalized spacial score (nSPS) is 11.8. The minimum atomic E-state index is -0.0714. The quantitative estimate of drug-likeness (QED) is 0.845. The molecule has 0 aliphatic heterocycles. The lowest BCUT2D eigenvalue weighted by atomic mass is 10.1. The van der Waals surface area contributed by atoms with E-state index in [1.54, 1.807) is 18.4 Å². The van der Waals surface area contributed by atoms with Crippen LogP contribution in [0.25, 0.3) is 0 Å². The molecule has 1 aromatic heterocycles. The molecule has 2 aromatic rings. The Hall–Kier alpha value is -2.25. The summed E-state index contributed by atoms with van der Waals surface area (Å²) in [5.41, 5.74) is 1.51. The molecule has 0 fully saturated rings. The third kappa shape index (κ3) is 2.90. The fraction of sp³-hybridized carbons (Fsp3) is 0.214. The molecule has 0 aliphatic carbocycles. The Balaban J connectivity index is 2.11. The van der Waals surface area contributed by atoms with E-state index in [0.29, 0.717) is 12.0 Å². The van der Waals surface area contributed by atoms with Gasteiger partial charge in [-0.1, -0.05) is 0 Å². The van der Waals surface area contributed by atoms with Crippen LogP contribution in [-0.2, 0) is 0 Å². The van der Waals surface area contributed by atoms with Crippen molar-refractivity contribution in [1.29, 1.82) is 5.26 Å². The van der Waals surface area contributed by atoms with Crippen LogP contribution in [0.5, 0.6) is 0 Å². The van der Waals surface area contributed by atoms with Gasteiger partial charge in [0.05, 0.1) is 23.9 Å². The molecule has 0 saturated heterocycles. The molecule has 2 N–H and O–H groups in total. The Morgan fingerprint density at radius 3 is 2.61 bits per heavy atom. The number of hydrogen-bond acceptors (Lipinski definition) is 4. The molecular formula is C14H14N2O2. The van der Waals surface area contributed by atoms with Crippen LogP contribution in [0.4, 0.5) is 5.69 Å². The standard InChI is InChI=1S/C14H14N2O2/c15-10-11-3-5-12(6-4-11)16-13(7-8-17)14-2-1-9-18-14/h1-6,9,13,16-17H,7-8H2. The number of aliphatic hydroxyl groups excluding tert-OH is 1. The predicted molar refractivity (Wildman–Crippen MR) is 67.9 cm³/mol. The summed E-state index contributed by atoms with van der Waals surface area (Å²) in [6, 6.07) is 12.9. The van der Waals surface area contributed by atoms with Crippen molar-refractivity contribution in [2.24, 2.45) is 0 Å². The molecule has 1 heterocycles. The lowest BCUT2D eigenvalue weighted by molar-refractivity contribution is 0.273. The van der Waals surface area contributed by atoms with Crippen molar-refractivity contribution in [3.05, 3.63) is 54.0 Å². The molecule has 0 bridgehead atoms. The first-order chi connectivity index (χ1) is 8.83. The molecule has 18 heavy (non-hydrogen) atoms. The van der Waals surface area contributed by atoms with E-state index in [1.165, 1.54) is 0 Å². The maximum Gasteiger partial charge on any atom is 0.126 e. The van der Waals surface area contributed by atoms with Crippen molar-refractivity contribution in [2.75, 3.05) is 11.9 Å². The van der Waals surface area contributed by atoms with E-state index in [2.05, 4.69) is 11.4 Å². The second-order valence-electron chi connectivity index (χ2n) is 3.91. The molecule has 1 aromatic carbocycles. The smallest absolute Gasteiger partial charge is 0.126 e. The number of hydrogen-bond donors (Lipinski definition) is 2. The van der Waals surface area contributed by atoms with Gasteiger partial charge in [-0.15, -0.1) is 0 Å². The number of furan rings is 1. The van der Waals surface area contributed by atoms with E-state index in [1.807, 2.05) is 24.3 Å². The summed E-state index contributed by atoms with van der Waals surface area (Å²) in [4.78, 5) is 0. The summed E-state index contributed by atoms with van der Waals surface area (Å²) in [6.45, 7) is 0.0780. The van der Waals surface area contributed by atoms with Gasteiger partial charge in [-0.25, -0.2) is 0 Å². The van der Waals surface area contributed by atoms with Crippen LogP contribution in [-0.4, -0.2) is 11.7 Å².